The number of anilines is 3. The van der Waals surface area contributed by atoms with Gasteiger partial charge < -0.3 is 9.47 Å². The molecule has 0 saturated heterocycles. The molecular weight excluding hydrogens is 644 g/mol. The zero-order valence-electron chi connectivity index (χ0n) is 24.8. The second kappa shape index (κ2) is 11.0. The van der Waals surface area contributed by atoms with Crippen molar-refractivity contribution >= 4 is 86.3 Å². The Hall–Kier alpha value is -5.16. The Morgan fingerprint density at radius 1 is 0.478 bits per heavy atom. The number of para-hydroxylation sites is 2. The lowest BCUT2D eigenvalue weighted by Crippen LogP contribution is -2.10. The van der Waals surface area contributed by atoms with Crippen molar-refractivity contribution < 1.29 is 0 Å². The molecule has 0 radical (unpaired) electrons. The van der Waals surface area contributed by atoms with E-state index in [4.69, 9.17) is 0 Å². The van der Waals surface area contributed by atoms with Crippen molar-refractivity contribution in [3.8, 4) is 16.8 Å². The Balaban J connectivity index is 1.33. The summed E-state index contributed by atoms with van der Waals surface area (Å²) < 4.78 is 6.17. The highest BCUT2D eigenvalue weighted by Gasteiger charge is 2.20. The van der Waals surface area contributed by atoms with Gasteiger partial charge in [-0.1, -0.05) is 107 Å². The van der Waals surface area contributed by atoms with Gasteiger partial charge in [0, 0.05) is 58.2 Å². The number of fused-ring (bicyclic) bond motifs is 7. The van der Waals surface area contributed by atoms with Crippen LogP contribution in [0, 0.1) is 0 Å². The molecule has 2 nitrogen and oxygen atoms in total. The number of rotatable bonds is 5. The van der Waals surface area contributed by atoms with Crippen molar-refractivity contribution in [3.05, 3.63) is 168 Å². The maximum atomic E-state index is 3.66. The van der Waals surface area contributed by atoms with Gasteiger partial charge in [0.1, 0.15) is 0 Å². The first-order valence-corrected chi connectivity index (χ1v) is 17.0. The van der Waals surface area contributed by atoms with E-state index in [0.717, 1.165) is 27.2 Å². The smallest absolute Gasteiger partial charge is 0.0634 e. The van der Waals surface area contributed by atoms with Crippen molar-refractivity contribution in [3.63, 3.8) is 0 Å². The molecule has 0 bridgehead atoms. The van der Waals surface area contributed by atoms with Gasteiger partial charge in [-0.2, -0.15) is 0 Å². The molecule has 218 valence electrons. The average Bonchev–Trinajstić information content (AvgIpc) is 3.65. The van der Waals surface area contributed by atoms with Gasteiger partial charge in [0.05, 0.1) is 11.0 Å². The Kier molecular flexibility index (Phi) is 6.51. The zero-order valence-corrected chi connectivity index (χ0v) is 27.2. The van der Waals surface area contributed by atoms with Crippen molar-refractivity contribution in [2.24, 2.45) is 0 Å². The molecule has 9 aromatic rings. The minimum Gasteiger partial charge on any atom is -0.310 e. The van der Waals surface area contributed by atoms with Gasteiger partial charge in [0.25, 0.3) is 0 Å². The molecule has 0 aliphatic carbocycles. The molecule has 0 N–H and O–H groups in total. The van der Waals surface area contributed by atoms with E-state index in [1.165, 1.54) is 53.1 Å². The van der Waals surface area contributed by atoms with Crippen LogP contribution in [0.15, 0.2) is 168 Å². The first-order valence-electron chi connectivity index (χ1n) is 15.4. The van der Waals surface area contributed by atoms with E-state index < -0.39 is 0 Å². The van der Waals surface area contributed by atoms with Crippen LogP contribution in [0.4, 0.5) is 17.1 Å². The standard InChI is InChI=1S/C42H27BrN2S/c43-30-13-9-11-28(25-30)29-12-10-18-33(26-29)44(31-14-3-1-4-15-31)34-21-22-35-36-23-24-40-41(37-19-7-8-20-39(37)46-40)42(36)45(38(35)27-34)32-16-5-2-6-17-32/h1-27H. The lowest BCUT2D eigenvalue weighted by molar-refractivity contribution is 1.18. The van der Waals surface area contributed by atoms with Crippen LogP contribution in [0.25, 0.3) is 58.8 Å². The van der Waals surface area contributed by atoms with Crippen LogP contribution < -0.4 is 4.90 Å². The maximum absolute atomic E-state index is 3.66. The summed E-state index contributed by atoms with van der Waals surface area (Å²) in [6, 6.07) is 59.1. The third-order valence-electron chi connectivity index (χ3n) is 8.80. The van der Waals surface area contributed by atoms with Gasteiger partial charge in [-0.3, -0.25) is 0 Å². The molecule has 9 rings (SSSR count). The molecule has 0 saturated carbocycles. The molecular formula is C42H27BrN2S. The van der Waals surface area contributed by atoms with Crippen LogP contribution in [-0.2, 0) is 0 Å². The van der Waals surface area contributed by atoms with Gasteiger partial charge in [-0.05, 0) is 83.9 Å². The van der Waals surface area contributed by atoms with Crippen molar-refractivity contribution in [1.29, 1.82) is 0 Å². The lowest BCUT2D eigenvalue weighted by Gasteiger charge is -2.26. The fraction of sp³-hybridized carbons (Fsp3) is 0. The number of aromatic nitrogens is 1. The van der Waals surface area contributed by atoms with Gasteiger partial charge in [0.15, 0.2) is 0 Å². The zero-order chi connectivity index (χ0) is 30.6. The number of benzene rings is 7. The number of nitrogens with zero attached hydrogens (tertiary/aromatic N) is 2. The monoisotopic (exact) mass is 670 g/mol. The SMILES string of the molecule is Brc1cccc(-c2cccc(N(c3ccccc3)c3ccc4c5ccc6sc7ccccc7c6c5n(-c5ccccc5)c4c3)c2)c1. The van der Waals surface area contributed by atoms with E-state index in [2.05, 4.69) is 189 Å². The molecule has 46 heavy (non-hydrogen) atoms. The topological polar surface area (TPSA) is 8.17 Å². The van der Waals surface area contributed by atoms with Crippen LogP contribution >= 0.6 is 27.3 Å². The summed E-state index contributed by atoms with van der Waals surface area (Å²) in [5, 5.41) is 5.14. The van der Waals surface area contributed by atoms with Crippen LogP contribution in [0.1, 0.15) is 0 Å². The Morgan fingerprint density at radius 2 is 1.15 bits per heavy atom. The lowest BCUT2D eigenvalue weighted by atomic mass is 10.0. The molecule has 4 heteroatoms. The number of thiophene rings is 1. The van der Waals surface area contributed by atoms with E-state index in [1.807, 2.05) is 11.3 Å². The number of hydrogen-bond donors (Lipinski definition) is 0. The van der Waals surface area contributed by atoms with Crippen LogP contribution in [0.2, 0.25) is 0 Å². The van der Waals surface area contributed by atoms with Crippen LogP contribution in [0.5, 0.6) is 0 Å². The summed E-state index contributed by atoms with van der Waals surface area (Å²) in [5.41, 5.74) is 9.28. The molecule has 2 aromatic heterocycles. The maximum Gasteiger partial charge on any atom is 0.0634 e. The van der Waals surface area contributed by atoms with Gasteiger partial charge >= 0.3 is 0 Å². The van der Waals surface area contributed by atoms with Crippen molar-refractivity contribution in [1.82, 2.24) is 4.57 Å². The molecule has 0 spiro atoms. The molecule has 0 fully saturated rings. The molecule has 0 atom stereocenters. The third-order valence-corrected chi connectivity index (χ3v) is 10.4. The quantitative estimate of drug-likeness (QED) is 0.177. The highest BCUT2D eigenvalue weighted by atomic mass is 79.9. The molecule has 7 aromatic carbocycles. The third kappa shape index (κ3) is 4.45. The molecule has 0 amide bonds. The fourth-order valence-electron chi connectivity index (χ4n) is 6.80. The molecule has 0 aliphatic heterocycles. The molecule has 0 aliphatic rings. The summed E-state index contributed by atoms with van der Waals surface area (Å²) in [7, 11) is 0. The van der Waals surface area contributed by atoms with Crippen LogP contribution in [-0.4, -0.2) is 4.57 Å². The predicted octanol–water partition coefficient (Wildman–Crippen LogP) is 13.1. The number of hydrogen-bond acceptors (Lipinski definition) is 2. The average molecular weight is 672 g/mol. The van der Waals surface area contributed by atoms with Crippen LogP contribution in [0.3, 0.4) is 0 Å². The second-order valence-corrected chi connectivity index (χ2v) is 13.5. The van der Waals surface area contributed by atoms with E-state index in [0.29, 0.717) is 0 Å². The predicted molar refractivity (Wildman–Crippen MR) is 201 cm³/mol. The molecule has 0 unspecified atom stereocenters. The summed E-state index contributed by atoms with van der Waals surface area (Å²) >= 11 is 5.53. The van der Waals surface area contributed by atoms with E-state index in [-0.39, 0.29) is 0 Å². The van der Waals surface area contributed by atoms with Gasteiger partial charge in [-0.25, -0.2) is 0 Å². The number of halogens is 1. The van der Waals surface area contributed by atoms with E-state index >= 15 is 0 Å². The molecule has 2 heterocycles. The first-order chi connectivity index (χ1) is 22.7. The van der Waals surface area contributed by atoms with E-state index in [9.17, 15) is 0 Å². The minimum atomic E-state index is 1.07. The van der Waals surface area contributed by atoms with E-state index in [1.54, 1.807) is 0 Å². The Bertz CT molecular complexity index is 2550. The van der Waals surface area contributed by atoms with Gasteiger partial charge in [-0.15, -0.1) is 11.3 Å². The largest absolute Gasteiger partial charge is 0.310 e. The Morgan fingerprint density at radius 3 is 1.98 bits per heavy atom. The van der Waals surface area contributed by atoms with Crippen molar-refractivity contribution in [2.75, 3.05) is 4.90 Å². The summed E-state index contributed by atoms with van der Waals surface area (Å²) in [5.74, 6) is 0. The Labute approximate surface area is 279 Å². The minimum absolute atomic E-state index is 1.07. The normalized spacial score (nSPS) is 11.6. The van der Waals surface area contributed by atoms with Crippen molar-refractivity contribution in [2.45, 2.75) is 0 Å². The summed E-state index contributed by atoms with van der Waals surface area (Å²) in [4.78, 5) is 2.36. The summed E-state index contributed by atoms with van der Waals surface area (Å²) in [6.45, 7) is 0. The summed E-state index contributed by atoms with van der Waals surface area (Å²) in [6.07, 6.45) is 0. The first kappa shape index (κ1) is 27.2. The highest BCUT2D eigenvalue weighted by Crippen LogP contribution is 2.45. The fourth-order valence-corrected chi connectivity index (χ4v) is 8.31. The highest BCUT2D eigenvalue weighted by molar-refractivity contribution is 9.10. The van der Waals surface area contributed by atoms with Gasteiger partial charge in [0.2, 0.25) is 0 Å². The second-order valence-electron chi connectivity index (χ2n) is 11.5.